The van der Waals surface area contributed by atoms with Crippen molar-refractivity contribution in [3.05, 3.63) is 29.8 Å². The van der Waals surface area contributed by atoms with Crippen LogP contribution in [0.5, 0.6) is 5.75 Å². The smallest absolute Gasteiger partial charge is 0.406 e. The number of nitrogens with one attached hydrogen (secondary N) is 1. The van der Waals surface area contributed by atoms with E-state index in [1.54, 1.807) is 38.1 Å². The predicted octanol–water partition coefficient (Wildman–Crippen LogP) is 2.93. The number of carbonyl (C=O) groups is 1. The summed E-state index contributed by atoms with van der Waals surface area (Å²) in [5.74, 6) is 0.230. The number of alkyl halides is 3. The van der Waals surface area contributed by atoms with E-state index < -0.39 is 23.5 Å². The number of hydrogen-bond acceptors (Lipinski definition) is 3. The number of rotatable bonds is 5. The number of amides is 1. The minimum Gasteiger partial charge on any atom is -0.494 e. The molecule has 128 valence electrons. The van der Waals surface area contributed by atoms with Gasteiger partial charge in [0.25, 0.3) is 0 Å². The Labute approximate surface area is 133 Å². The normalized spacial score (nSPS) is 19.5. The van der Waals surface area contributed by atoms with Crippen LogP contribution in [0.4, 0.5) is 13.2 Å². The Balaban J connectivity index is 2.15. The molecule has 1 aromatic rings. The highest BCUT2D eigenvalue weighted by Crippen LogP contribution is 2.32. The molecule has 1 aromatic carbocycles. The van der Waals surface area contributed by atoms with Crippen LogP contribution in [0.1, 0.15) is 26.3 Å². The average Bonchev–Trinajstić information content (AvgIpc) is 2.70. The second-order valence-corrected chi connectivity index (χ2v) is 6.29. The van der Waals surface area contributed by atoms with Gasteiger partial charge in [0, 0.05) is 6.54 Å². The summed E-state index contributed by atoms with van der Waals surface area (Å²) >= 11 is 0. The summed E-state index contributed by atoms with van der Waals surface area (Å²) < 4.78 is 45.5. The molecule has 1 fully saturated rings. The van der Waals surface area contributed by atoms with Crippen LogP contribution in [-0.4, -0.2) is 36.3 Å². The SMILES string of the molecule is CCOc1ccc(C[C@H](N2CC(C)(C)C(=O)N2)C(F)(F)F)cc1. The van der Waals surface area contributed by atoms with E-state index in [4.69, 9.17) is 4.74 Å². The molecule has 4 nitrogen and oxygen atoms in total. The maximum atomic E-state index is 13.4. The topological polar surface area (TPSA) is 41.6 Å². The molecule has 0 aliphatic carbocycles. The monoisotopic (exact) mass is 330 g/mol. The third-order valence-corrected chi connectivity index (χ3v) is 3.84. The molecule has 1 aliphatic heterocycles. The van der Waals surface area contributed by atoms with Gasteiger partial charge in [-0.1, -0.05) is 12.1 Å². The van der Waals surface area contributed by atoms with E-state index in [0.717, 1.165) is 5.01 Å². The van der Waals surface area contributed by atoms with E-state index >= 15 is 0 Å². The van der Waals surface area contributed by atoms with Crippen LogP contribution >= 0.6 is 0 Å². The van der Waals surface area contributed by atoms with Gasteiger partial charge in [0.05, 0.1) is 12.0 Å². The second kappa shape index (κ2) is 6.39. The molecule has 1 heterocycles. The third kappa shape index (κ3) is 4.16. The first kappa shape index (κ1) is 17.6. The fourth-order valence-electron chi connectivity index (χ4n) is 2.52. The zero-order valence-corrected chi connectivity index (χ0v) is 13.4. The van der Waals surface area contributed by atoms with Crippen molar-refractivity contribution >= 4 is 5.91 Å². The van der Waals surface area contributed by atoms with Crippen LogP contribution in [0, 0.1) is 5.41 Å². The average molecular weight is 330 g/mol. The number of hydrogen-bond donors (Lipinski definition) is 1. The molecule has 0 bridgehead atoms. The second-order valence-electron chi connectivity index (χ2n) is 6.29. The molecule has 0 radical (unpaired) electrons. The predicted molar refractivity (Wildman–Crippen MR) is 79.8 cm³/mol. The van der Waals surface area contributed by atoms with Crippen molar-refractivity contribution in [2.24, 2.45) is 5.41 Å². The van der Waals surface area contributed by atoms with Gasteiger partial charge in [-0.05, 0) is 44.9 Å². The largest absolute Gasteiger partial charge is 0.494 e. The van der Waals surface area contributed by atoms with Crippen LogP contribution in [0.2, 0.25) is 0 Å². The lowest BCUT2D eigenvalue weighted by Gasteiger charge is -2.29. The number of hydrazine groups is 1. The van der Waals surface area contributed by atoms with Crippen molar-refractivity contribution in [1.82, 2.24) is 10.4 Å². The lowest BCUT2D eigenvalue weighted by atomic mass is 9.94. The molecular formula is C16H21F3N2O2. The molecule has 1 aliphatic rings. The number of ether oxygens (including phenoxy) is 1. The maximum Gasteiger partial charge on any atom is 0.406 e. The van der Waals surface area contributed by atoms with Crippen LogP contribution < -0.4 is 10.2 Å². The zero-order chi connectivity index (χ0) is 17.3. The highest BCUT2D eigenvalue weighted by atomic mass is 19.4. The van der Waals surface area contributed by atoms with Crippen molar-refractivity contribution in [3.63, 3.8) is 0 Å². The van der Waals surface area contributed by atoms with Gasteiger partial charge in [0.2, 0.25) is 5.91 Å². The summed E-state index contributed by atoms with van der Waals surface area (Å²) in [4.78, 5) is 11.8. The number of halogens is 3. The number of carbonyl (C=O) groups excluding carboxylic acids is 1. The Morgan fingerprint density at radius 3 is 2.35 bits per heavy atom. The van der Waals surface area contributed by atoms with Crippen LogP contribution in [0.3, 0.4) is 0 Å². The van der Waals surface area contributed by atoms with Gasteiger partial charge in [0.15, 0.2) is 0 Å². The summed E-state index contributed by atoms with van der Waals surface area (Å²) in [6.07, 6.45) is -4.67. The molecule has 23 heavy (non-hydrogen) atoms. The van der Waals surface area contributed by atoms with Gasteiger partial charge in [-0.15, -0.1) is 0 Å². The molecule has 1 N–H and O–H groups in total. The molecule has 0 saturated carbocycles. The maximum absolute atomic E-state index is 13.4. The Hall–Kier alpha value is -1.76. The molecular weight excluding hydrogens is 309 g/mol. The minimum atomic E-state index is -4.44. The number of benzene rings is 1. The standard InChI is InChI=1S/C16H21F3N2O2/c1-4-23-12-7-5-11(6-8-12)9-13(16(17,18)19)21-10-15(2,3)14(22)20-21/h5-8,13H,4,9-10H2,1-3H3,(H,20,22)/t13-/m0/s1. The fraction of sp³-hybridized carbons (Fsp3) is 0.562. The lowest BCUT2D eigenvalue weighted by molar-refractivity contribution is -0.188. The first-order valence-corrected chi connectivity index (χ1v) is 7.49. The van der Waals surface area contributed by atoms with Gasteiger partial charge >= 0.3 is 6.18 Å². The Kier molecular flexibility index (Phi) is 4.89. The molecule has 0 aromatic heterocycles. The van der Waals surface area contributed by atoms with E-state index in [1.807, 2.05) is 6.92 Å². The summed E-state index contributed by atoms with van der Waals surface area (Å²) in [7, 11) is 0. The van der Waals surface area contributed by atoms with E-state index in [0.29, 0.717) is 17.9 Å². The van der Waals surface area contributed by atoms with Gasteiger partial charge in [-0.2, -0.15) is 13.2 Å². The molecule has 0 spiro atoms. The first-order valence-electron chi connectivity index (χ1n) is 7.49. The zero-order valence-electron chi connectivity index (χ0n) is 13.4. The van der Waals surface area contributed by atoms with Crippen LogP contribution in [0.15, 0.2) is 24.3 Å². The van der Waals surface area contributed by atoms with Crippen molar-refractivity contribution in [2.45, 2.75) is 39.4 Å². The van der Waals surface area contributed by atoms with E-state index in [9.17, 15) is 18.0 Å². The molecule has 7 heteroatoms. The van der Waals surface area contributed by atoms with Gasteiger partial charge in [-0.3, -0.25) is 10.2 Å². The summed E-state index contributed by atoms with van der Waals surface area (Å²) in [6, 6.07) is 4.78. The van der Waals surface area contributed by atoms with Crippen molar-refractivity contribution in [3.8, 4) is 5.75 Å². The van der Waals surface area contributed by atoms with Crippen molar-refractivity contribution < 1.29 is 22.7 Å². The van der Waals surface area contributed by atoms with Crippen molar-refractivity contribution in [1.29, 1.82) is 0 Å². The van der Waals surface area contributed by atoms with Gasteiger partial charge < -0.3 is 4.74 Å². The molecule has 1 amide bonds. The van der Waals surface area contributed by atoms with E-state index in [1.165, 1.54) is 0 Å². The molecule has 2 rings (SSSR count). The Bertz CT molecular complexity index is 555. The van der Waals surface area contributed by atoms with Crippen LogP contribution in [0.25, 0.3) is 0 Å². The molecule has 0 unspecified atom stereocenters. The van der Waals surface area contributed by atoms with E-state index in [2.05, 4.69) is 5.43 Å². The van der Waals surface area contributed by atoms with E-state index in [-0.39, 0.29) is 13.0 Å². The lowest BCUT2D eigenvalue weighted by Crippen LogP contribution is -2.51. The van der Waals surface area contributed by atoms with Gasteiger partial charge in [0.1, 0.15) is 11.8 Å². The number of nitrogens with zero attached hydrogens (tertiary/aromatic N) is 1. The summed E-state index contributed by atoms with van der Waals surface area (Å²) in [6.45, 7) is 5.62. The fourth-order valence-corrected chi connectivity index (χ4v) is 2.52. The summed E-state index contributed by atoms with van der Waals surface area (Å²) in [5, 5.41) is 0.999. The molecule has 1 saturated heterocycles. The van der Waals surface area contributed by atoms with Gasteiger partial charge in [-0.25, -0.2) is 5.01 Å². The third-order valence-electron chi connectivity index (χ3n) is 3.84. The molecule has 1 atom stereocenters. The van der Waals surface area contributed by atoms with Crippen molar-refractivity contribution in [2.75, 3.05) is 13.2 Å². The highest BCUT2D eigenvalue weighted by Gasteiger charge is 2.50. The highest BCUT2D eigenvalue weighted by molar-refractivity contribution is 5.83. The minimum absolute atomic E-state index is 0.0209. The van der Waals surface area contributed by atoms with Crippen LogP contribution in [-0.2, 0) is 11.2 Å². The first-order chi connectivity index (χ1) is 10.6. The quantitative estimate of drug-likeness (QED) is 0.902. The Morgan fingerprint density at radius 1 is 1.30 bits per heavy atom. The summed E-state index contributed by atoms with van der Waals surface area (Å²) in [5.41, 5.74) is 2.06. The Morgan fingerprint density at radius 2 is 1.91 bits per heavy atom.